The first-order valence-electron chi connectivity index (χ1n) is 10.6. The van der Waals surface area contributed by atoms with Gasteiger partial charge in [0.1, 0.15) is 18.1 Å². The molecular formula is C19H34N6O9. The normalized spacial score (nSPS) is 15.2. The lowest BCUT2D eigenvalue weighted by atomic mass is 10.1. The van der Waals surface area contributed by atoms with Crippen LogP contribution < -0.4 is 33.2 Å². The quantitative estimate of drug-likeness (QED) is 0.0888. The Labute approximate surface area is 195 Å². The fraction of sp³-hybridized carbons (Fsp3) is 0.684. The number of rotatable bonds is 17. The van der Waals surface area contributed by atoms with Crippen LogP contribution in [0.2, 0.25) is 0 Å². The SMILES string of the molecule is CC(O)C(NC(=O)C(CC(N)=O)NC(=O)C(N)CCC(=O)O)C(=O)NC(CCCCN)C(=O)O. The first-order chi connectivity index (χ1) is 15.8. The van der Waals surface area contributed by atoms with Crippen molar-refractivity contribution in [3.8, 4) is 0 Å². The summed E-state index contributed by atoms with van der Waals surface area (Å²) in [5.41, 5.74) is 16.1. The lowest BCUT2D eigenvalue weighted by Gasteiger charge is -2.26. The number of amides is 4. The number of nitrogens with two attached hydrogens (primary N) is 3. The zero-order valence-electron chi connectivity index (χ0n) is 18.9. The number of aliphatic carboxylic acids is 2. The Morgan fingerprint density at radius 2 is 1.44 bits per heavy atom. The van der Waals surface area contributed by atoms with Crippen molar-refractivity contribution in [3.63, 3.8) is 0 Å². The van der Waals surface area contributed by atoms with E-state index in [0.717, 1.165) is 6.92 Å². The molecule has 4 amide bonds. The maximum atomic E-state index is 12.7. The van der Waals surface area contributed by atoms with Crippen molar-refractivity contribution in [2.24, 2.45) is 17.2 Å². The summed E-state index contributed by atoms with van der Waals surface area (Å²) in [6.45, 7) is 1.50. The van der Waals surface area contributed by atoms with Crippen LogP contribution in [-0.2, 0) is 28.8 Å². The number of primary amides is 1. The maximum absolute atomic E-state index is 12.7. The lowest BCUT2D eigenvalue weighted by Crippen LogP contribution is -2.60. The third kappa shape index (κ3) is 12.1. The van der Waals surface area contributed by atoms with Gasteiger partial charge in [-0.3, -0.25) is 24.0 Å². The van der Waals surface area contributed by atoms with Crippen molar-refractivity contribution < 1.29 is 44.1 Å². The molecule has 0 aliphatic rings. The number of hydrogen-bond acceptors (Lipinski definition) is 9. The van der Waals surface area contributed by atoms with Crippen molar-refractivity contribution in [1.82, 2.24) is 16.0 Å². The Bertz CT molecular complexity index is 746. The van der Waals surface area contributed by atoms with E-state index in [-0.39, 0.29) is 12.8 Å². The highest BCUT2D eigenvalue weighted by Gasteiger charge is 2.33. The molecular weight excluding hydrogens is 456 g/mol. The van der Waals surface area contributed by atoms with Crippen LogP contribution in [0.15, 0.2) is 0 Å². The summed E-state index contributed by atoms with van der Waals surface area (Å²) in [7, 11) is 0. The molecule has 0 aromatic rings. The first-order valence-corrected chi connectivity index (χ1v) is 10.6. The largest absolute Gasteiger partial charge is 0.481 e. The van der Waals surface area contributed by atoms with E-state index in [1.807, 2.05) is 0 Å². The maximum Gasteiger partial charge on any atom is 0.326 e. The molecule has 0 fully saturated rings. The van der Waals surface area contributed by atoms with E-state index < -0.39 is 78.7 Å². The highest BCUT2D eigenvalue weighted by Crippen LogP contribution is 2.04. The van der Waals surface area contributed by atoms with Crippen molar-refractivity contribution >= 4 is 35.6 Å². The molecule has 0 radical (unpaired) electrons. The van der Waals surface area contributed by atoms with Gasteiger partial charge < -0.3 is 48.5 Å². The highest BCUT2D eigenvalue weighted by molar-refractivity contribution is 5.96. The smallest absolute Gasteiger partial charge is 0.326 e. The van der Waals surface area contributed by atoms with Gasteiger partial charge in [0.15, 0.2) is 0 Å². The molecule has 5 unspecified atom stereocenters. The van der Waals surface area contributed by atoms with Gasteiger partial charge in [0.2, 0.25) is 23.6 Å². The number of unbranched alkanes of at least 4 members (excludes halogenated alkanes) is 1. The predicted octanol–water partition coefficient (Wildman–Crippen LogP) is -3.90. The van der Waals surface area contributed by atoms with Gasteiger partial charge in [0.05, 0.1) is 18.6 Å². The number of aliphatic hydroxyl groups is 1. The summed E-state index contributed by atoms with van der Waals surface area (Å²) in [4.78, 5) is 70.8. The summed E-state index contributed by atoms with van der Waals surface area (Å²) in [5.74, 6) is -6.52. The third-order valence-electron chi connectivity index (χ3n) is 4.67. The van der Waals surface area contributed by atoms with Crippen LogP contribution in [0, 0.1) is 0 Å². The summed E-state index contributed by atoms with van der Waals surface area (Å²) >= 11 is 0. The minimum atomic E-state index is -1.63. The second kappa shape index (κ2) is 15.5. The van der Waals surface area contributed by atoms with Gasteiger partial charge in [-0.1, -0.05) is 0 Å². The second-order valence-electron chi connectivity index (χ2n) is 7.68. The number of carbonyl (C=O) groups excluding carboxylic acids is 4. The monoisotopic (exact) mass is 490 g/mol. The van der Waals surface area contributed by atoms with Crippen molar-refractivity contribution in [2.45, 2.75) is 75.7 Å². The Morgan fingerprint density at radius 1 is 0.853 bits per heavy atom. The van der Waals surface area contributed by atoms with Gasteiger partial charge in [-0.05, 0) is 39.2 Å². The molecule has 194 valence electrons. The van der Waals surface area contributed by atoms with Gasteiger partial charge >= 0.3 is 11.9 Å². The van der Waals surface area contributed by atoms with Gasteiger partial charge in [0, 0.05) is 6.42 Å². The minimum absolute atomic E-state index is 0.0628. The van der Waals surface area contributed by atoms with Crippen LogP contribution >= 0.6 is 0 Å². The Balaban J connectivity index is 5.36. The number of carbonyl (C=O) groups is 6. The molecule has 0 spiro atoms. The van der Waals surface area contributed by atoms with Crippen LogP contribution in [0.25, 0.3) is 0 Å². The molecule has 15 heteroatoms. The topological polar surface area (TPSA) is 277 Å². The summed E-state index contributed by atoms with van der Waals surface area (Å²) in [6.07, 6.45) is -1.83. The lowest BCUT2D eigenvalue weighted by molar-refractivity contribution is -0.143. The van der Waals surface area contributed by atoms with Crippen LogP contribution in [0.4, 0.5) is 0 Å². The molecule has 12 N–H and O–H groups in total. The number of nitrogens with one attached hydrogen (secondary N) is 3. The summed E-state index contributed by atoms with van der Waals surface area (Å²) in [5, 5.41) is 34.5. The van der Waals surface area contributed by atoms with Crippen molar-refractivity contribution in [1.29, 1.82) is 0 Å². The Kier molecular flexibility index (Phi) is 14.0. The van der Waals surface area contributed by atoms with Crippen molar-refractivity contribution in [3.05, 3.63) is 0 Å². The Morgan fingerprint density at radius 3 is 1.91 bits per heavy atom. The molecule has 5 atom stereocenters. The van der Waals surface area contributed by atoms with E-state index >= 15 is 0 Å². The zero-order chi connectivity index (χ0) is 26.4. The molecule has 0 rings (SSSR count). The minimum Gasteiger partial charge on any atom is -0.481 e. The molecule has 0 aliphatic carbocycles. The molecule has 15 nitrogen and oxygen atoms in total. The number of carboxylic acid groups (broad SMARTS) is 2. The van der Waals surface area contributed by atoms with Crippen molar-refractivity contribution in [2.75, 3.05) is 6.54 Å². The van der Waals surface area contributed by atoms with Crippen LogP contribution in [0.1, 0.15) is 45.4 Å². The van der Waals surface area contributed by atoms with E-state index in [0.29, 0.717) is 19.4 Å². The van der Waals surface area contributed by atoms with E-state index in [2.05, 4.69) is 16.0 Å². The first kappa shape index (κ1) is 30.7. The molecule has 0 bridgehead atoms. The molecule has 0 aromatic carbocycles. The average molecular weight is 491 g/mol. The number of aliphatic hydroxyl groups excluding tert-OH is 1. The van der Waals surface area contributed by atoms with E-state index in [9.17, 15) is 39.0 Å². The van der Waals surface area contributed by atoms with E-state index in [1.54, 1.807) is 0 Å². The molecule has 0 aliphatic heterocycles. The molecule has 0 saturated carbocycles. The van der Waals surface area contributed by atoms with Gasteiger partial charge in [-0.15, -0.1) is 0 Å². The fourth-order valence-electron chi connectivity index (χ4n) is 2.77. The van der Waals surface area contributed by atoms with Gasteiger partial charge in [0.25, 0.3) is 0 Å². The van der Waals surface area contributed by atoms with E-state index in [1.165, 1.54) is 0 Å². The number of carboxylic acids is 2. The van der Waals surface area contributed by atoms with Gasteiger partial charge in [-0.2, -0.15) is 0 Å². The highest BCUT2D eigenvalue weighted by atomic mass is 16.4. The van der Waals surface area contributed by atoms with E-state index in [4.69, 9.17) is 22.3 Å². The number of hydrogen-bond donors (Lipinski definition) is 9. The summed E-state index contributed by atoms with van der Waals surface area (Å²) in [6, 6.07) is -5.82. The fourth-order valence-corrected chi connectivity index (χ4v) is 2.77. The molecule has 0 heterocycles. The molecule has 0 saturated heterocycles. The standard InChI is InChI=1S/C19H34N6O9/c1-9(26)15(18(32)23-11(19(33)34)4-2-3-7-20)25-17(31)12(8-13(22)27)24-16(30)10(21)5-6-14(28)29/h9-12,15,26H,2-8,20-21H2,1H3,(H2,22,27)(H,23,32)(H,24,30)(H,25,31)(H,28,29)(H,33,34). The van der Waals surface area contributed by atoms with Crippen LogP contribution in [0.5, 0.6) is 0 Å². The third-order valence-corrected chi connectivity index (χ3v) is 4.67. The second-order valence-corrected chi connectivity index (χ2v) is 7.68. The summed E-state index contributed by atoms with van der Waals surface area (Å²) < 4.78 is 0. The predicted molar refractivity (Wildman–Crippen MR) is 117 cm³/mol. The van der Waals surface area contributed by atoms with Gasteiger partial charge in [-0.25, -0.2) is 4.79 Å². The zero-order valence-corrected chi connectivity index (χ0v) is 18.9. The Hall–Kier alpha value is -3.30. The average Bonchev–Trinajstić information content (AvgIpc) is 2.73. The van der Waals surface area contributed by atoms with Crippen LogP contribution in [0.3, 0.4) is 0 Å². The van der Waals surface area contributed by atoms with Crippen LogP contribution in [-0.4, -0.2) is 87.7 Å². The molecule has 0 aromatic heterocycles. The molecule has 34 heavy (non-hydrogen) atoms.